The minimum Gasteiger partial charge on any atom is -0.445 e. The number of aromatic nitrogens is 1. The van der Waals surface area contributed by atoms with Gasteiger partial charge in [-0.05, 0) is 32.6 Å². The summed E-state index contributed by atoms with van der Waals surface area (Å²) in [5, 5.41) is 11.6. The van der Waals surface area contributed by atoms with E-state index in [2.05, 4.69) is 10.3 Å². The van der Waals surface area contributed by atoms with E-state index in [0.717, 1.165) is 19.3 Å². The molecule has 6 heteroatoms. The lowest BCUT2D eigenvalue weighted by Gasteiger charge is -2.13. The second kappa shape index (κ2) is 6.68. The van der Waals surface area contributed by atoms with Crippen LogP contribution in [0, 0.1) is 0 Å². The standard InChI is InChI=1S/C13H20N2O4/c1-9(4-2-6-16)15-13(17)11-12(19-8-14-11)10-5-3-7-18-10/h8-10,16H,2-7H2,1H3,(H,15,17). The first-order valence-electron chi connectivity index (χ1n) is 6.69. The molecule has 0 radical (unpaired) electrons. The van der Waals surface area contributed by atoms with Crippen LogP contribution in [0.15, 0.2) is 10.8 Å². The van der Waals surface area contributed by atoms with Gasteiger partial charge in [-0.1, -0.05) is 0 Å². The highest BCUT2D eigenvalue weighted by Gasteiger charge is 2.28. The van der Waals surface area contributed by atoms with Crippen LogP contribution in [0.1, 0.15) is 55.0 Å². The Hall–Kier alpha value is -1.40. The fourth-order valence-corrected chi connectivity index (χ4v) is 2.20. The molecule has 1 aromatic rings. The van der Waals surface area contributed by atoms with E-state index in [1.54, 1.807) is 0 Å². The summed E-state index contributed by atoms with van der Waals surface area (Å²) in [6, 6.07) is -0.00584. The molecule has 106 valence electrons. The highest BCUT2D eigenvalue weighted by Crippen LogP contribution is 2.30. The molecule has 1 saturated heterocycles. The van der Waals surface area contributed by atoms with E-state index in [-0.39, 0.29) is 24.7 Å². The molecule has 1 aromatic heterocycles. The highest BCUT2D eigenvalue weighted by atomic mass is 16.5. The number of amides is 1. The Balaban J connectivity index is 1.97. The number of aliphatic hydroxyl groups excluding tert-OH is 1. The molecule has 1 amide bonds. The van der Waals surface area contributed by atoms with Crippen molar-refractivity contribution in [3.05, 3.63) is 17.8 Å². The van der Waals surface area contributed by atoms with Gasteiger partial charge in [-0.15, -0.1) is 0 Å². The Morgan fingerprint density at radius 2 is 2.53 bits per heavy atom. The molecule has 2 atom stereocenters. The zero-order chi connectivity index (χ0) is 13.7. The SMILES string of the molecule is CC(CCCO)NC(=O)c1ncoc1C1CCCO1. The van der Waals surface area contributed by atoms with Crippen LogP contribution in [0.3, 0.4) is 0 Å². The summed E-state index contributed by atoms with van der Waals surface area (Å²) in [5.74, 6) is 0.272. The van der Waals surface area contributed by atoms with Crippen molar-refractivity contribution in [2.45, 2.75) is 44.8 Å². The number of nitrogens with zero attached hydrogens (tertiary/aromatic N) is 1. The smallest absolute Gasteiger partial charge is 0.273 e. The van der Waals surface area contributed by atoms with Crippen LogP contribution >= 0.6 is 0 Å². The first-order valence-corrected chi connectivity index (χ1v) is 6.69. The lowest BCUT2D eigenvalue weighted by molar-refractivity contribution is 0.0852. The Morgan fingerprint density at radius 1 is 1.68 bits per heavy atom. The van der Waals surface area contributed by atoms with Crippen LogP contribution in [0.5, 0.6) is 0 Å². The molecule has 0 saturated carbocycles. The number of oxazole rings is 1. The summed E-state index contributed by atoms with van der Waals surface area (Å²) >= 11 is 0. The summed E-state index contributed by atoms with van der Waals surface area (Å²) in [5.41, 5.74) is 0.308. The Labute approximate surface area is 112 Å². The van der Waals surface area contributed by atoms with E-state index in [9.17, 15) is 4.79 Å². The molecule has 0 spiro atoms. The number of carbonyl (C=O) groups is 1. The number of aliphatic hydroxyl groups is 1. The second-order valence-electron chi connectivity index (χ2n) is 4.81. The molecule has 2 unspecified atom stereocenters. The normalized spacial score (nSPS) is 20.4. The molecule has 2 N–H and O–H groups in total. The Bertz CT molecular complexity index is 413. The lowest BCUT2D eigenvalue weighted by Crippen LogP contribution is -2.33. The number of nitrogens with one attached hydrogen (secondary N) is 1. The molecular formula is C13H20N2O4. The molecule has 0 bridgehead atoms. The summed E-state index contributed by atoms with van der Waals surface area (Å²) in [6.45, 7) is 2.73. The van der Waals surface area contributed by atoms with Crippen molar-refractivity contribution in [2.75, 3.05) is 13.2 Å². The van der Waals surface area contributed by atoms with Gasteiger partial charge in [-0.2, -0.15) is 0 Å². The second-order valence-corrected chi connectivity index (χ2v) is 4.81. The number of hydrogen-bond acceptors (Lipinski definition) is 5. The average molecular weight is 268 g/mol. The monoisotopic (exact) mass is 268 g/mol. The van der Waals surface area contributed by atoms with Crippen molar-refractivity contribution in [1.82, 2.24) is 10.3 Å². The highest BCUT2D eigenvalue weighted by molar-refractivity contribution is 5.93. The number of rotatable bonds is 6. The van der Waals surface area contributed by atoms with E-state index < -0.39 is 0 Å². The first-order chi connectivity index (χ1) is 9.22. The Morgan fingerprint density at radius 3 is 3.21 bits per heavy atom. The minimum absolute atomic E-state index is 0.00584. The zero-order valence-corrected chi connectivity index (χ0v) is 11.1. The molecule has 1 aliphatic rings. The fraction of sp³-hybridized carbons (Fsp3) is 0.692. The number of hydrogen-bond donors (Lipinski definition) is 2. The van der Waals surface area contributed by atoms with Crippen molar-refractivity contribution >= 4 is 5.91 Å². The van der Waals surface area contributed by atoms with Gasteiger partial charge in [0.2, 0.25) is 0 Å². The predicted octanol–water partition coefficient (Wildman–Crippen LogP) is 1.42. The van der Waals surface area contributed by atoms with Crippen molar-refractivity contribution < 1.29 is 19.1 Å². The van der Waals surface area contributed by atoms with Crippen LogP contribution in [0.25, 0.3) is 0 Å². The third kappa shape index (κ3) is 3.54. The minimum atomic E-state index is -0.246. The van der Waals surface area contributed by atoms with E-state index in [4.69, 9.17) is 14.3 Å². The van der Waals surface area contributed by atoms with Gasteiger partial charge in [-0.3, -0.25) is 4.79 Å². The van der Waals surface area contributed by atoms with E-state index >= 15 is 0 Å². The maximum Gasteiger partial charge on any atom is 0.273 e. The summed E-state index contributed by atoms with van der Waals surface area (Å²) in [6.07, 6.45) is 4.35. The molecule has 6 nitrogen and oxygen atoms in total. The van der Waals surface area contributed by atoms with Gasteiger partial charge in [0.15, 0.2) is 17.8 Å². The van der Waals surface area contributed by atoms with Crippen LogP contribution in [-0.2, 0) is 4.74 Å². The molecule has 2 rings (SSSR count). The van der Waals surface area contributed by atoms with Crippen molar-refractivity contribution in [3.8, 4) is 0 Å². The molecule has 0 aromatic carbocycles. The van der Waals surface area contributed by atoms with Crippen molar-refractivity contribution in [1.29, 1.82) is 0 Å². The van der Waals surface area contributed by atoms with Gasteiger partial charge in [-0.25, -0.2) is 4.98 Å². The van der Waals surface area contributed by atoms with Crippen LogP contribution in [0.4, 0.5) is 0 Å². The van der Waals surface area contributed by atoms with E-state index in [0.29, 0.717) is 24.5 Å². The van der Waals surface area contributed by atoms with Gasteiger partial charge in [0, 0.05) is 19.3 Å². The quantitative estimate of drug-likeness (QED) is 0.815. The van der Waals surface area contributed by atoms with Crippen molar-refractivity contribution in [3.63, 3.8) is 0 Å². The number of carbonyl (C=O) groups excluding carboxylic acids is 1. The third-order valence-corrected chi connectivity index (χ3v) is 3.20. The van der Waals surface area contributed by atoms with E-state index in [1.165, 1.54) is 6.39 Å². The predicted molar refractivity (Wildman–Crippen MR) is 67.7 cm³/mol. The lowest BCUT2D eigenvalue weighted by atomic mass is 10.1. The molecule has 0 aliphatic carbocycles. The van der Waals surface area contributed by atoms with Crippen LogP contribution in [0.2, 0.25) is 0 Å². The fourth-order valence-electron chi connectivity index (χ4n) is 2.20. The van der Waals surface area contributed by atoms with Crippen molar-refractivity contribution in [2.24, 2.45) is 0 Å². The van der Waals surface area contributed by atoms with Gasteiger partial charge in [0.1, 0.15) is 6.10 Å². The topological polar surface area (TPSA) is 84.6 Å². The molecular weight excluding hydrogens is 248 g/mol. The van der Waals surface area contributed by atoms with Gasteiger partial charge in [0.05, 0.1) is 0 Å². The van der Waals surface area contributed by atoms with Crippen LogP contribution < -0.4 is 5.32 Å². The van der Waals surface area contributed by atoms with Gasteiger partial charge >= 0.3 is 0 Å². The summed E-state index contributed by atoms with van der Waals surface area (Å²) in [4.78, 5) is 16.1. The largest absolute Gasteiger partial charge is 0.445 e. The summed E-state index contributed by atoms with van der Waals surface area (Å²) < 4.78 is 10.8. The third-order valence-electron chi connectivity index (χ3n) is 3.20. The first kappa shape index (κ1) is 14.0. The maximum absolute atomic E-state index is 12.1. The maximum atomic E-state index is 12.1. The molecule has 2 heterocycles. The summed E-state index contributed by atoms with van der Waals surface area (Å²) in [7, 11) is 0. The zero-order valence-electron chi connectivity index (χ0n) is 11.1. The van der Waals surface area contributed by atoms with Gasteiger partial charge in [0.25, 0.3) is 5.91 Å². The van der Waals surface area contributed by atoms with Crippen LogP contribution in [-0.4, -0.2) is 35.3 Å². The molecule has 19 heavy (non-hydrogen) atoms. The average Bonchev–Trinajstić information content (AvgIpc) is 3.05. The molecule has 1 aliphatic heterocycles. The number of ether oxygens (including phenoxy) is 1. The van der Waals surface area contributed by atoms with E-state index in [1.807, 2.05) is 6.92 Å². The molecule has 1 fully saturated rings. The van der Waals surface area contributed by atoms with Gasteiger partial charge < -0.3 is 19.6 Å². The Kier molecular flexibility index (Phi) is 4.93.